The Morgan fingerprint density at radius 2 is 2.25 bits per heavy atom. The zero-order valence-electron chi connectivity index (χ0n) is 11.6. The number of pyridine rings is 1. The third-order valence-corrected chi connectivity index (χ3v) is 2.94. The maximum Gasteiger partial charge on any atom is 0.325 e. The van der Waals surface area contributed by atoms with Gasteiger partial charge in [-0.25, -0.2) is 0 Å². The minimum atomic E-state index is -0.895. The topological polar surface area (TPSA) is 71.5 Å². The van der Waals surface area contributed by atoms with Crippen LogP contribution in [0.3, 0.4) is 0 Å². The highest BCUT2D eigenvalue weighted by Crippen LogP contribution is 2.29. The maximum atomic E-state index is 10.9. The first kappa shape index (κ1) is 14.1. The van der Waals surface area contributed by atoms with Crippen LogP contribution in [0.5, 0.6) is 5.75 Å². The van der Waals surface area contributed by atoms with Gasteiger partial charge in [-0.15, -0.1) is 0 Å². The first-order chi connectivity index (χ1) is 9.63. The number of hydrogen-bond donors (Lipinski definition) is 2. The number of aromatic nitrogens is 1. The Morgan fingerprint density at radius 3 is 2.95 bits per heavy atom. The summed E-state index contributed by atoms with van der Waals surface area (Å²) >= 11 is 0. The number of aliphatic carboxylic acids is 1. The van der Waals surface area contributed by atoms with Crippen molar-refractivity contribution in [1.29, 1.82) is 0 Å². The van der Waals surface area contributed by atoms with E-state index in [0.717, 1.165) is 28.8 Å². The number of rotatable bonds is 6. The van der Waals surface area contributed by atoms with Crippen LogP contribution in [0.15, 0.2) is 30.5 Å². The number of benzene rings is 1. The first-order valence-electron chi connectivity index (χ1n) is 6.63. The molecular weight excluding hydrogens is 256 g/mol. The van der Waals surface area contributed by atoms with Crippen LogP contribution in [-0.4, -0.2) is 28.7 Å². The van der Waals surface area contributed by atoms with Crippen LogP contribution < -0.4 is 10.1 Å². The van der Waals surface area contributed by atoms with Crippen molar-refractivity contribution in [2.75, 3.05) is 11.9 Å². The molecule has 0 amide bonds. The molecule has 20 heavy (non-hydrogen) atoms. The molecule has 0 saturated heterocycles. The van der Waals surface area contributed by atoms with E-state index >= 15 is 0 Å². The Morgan fingerprint density at radius 1 is 1.45 bits per heavy atom. The summed E-state index contributed by atoms with van der Waals surface area (Å²) in [6.07, 6.45) is 2.57. The Balaban J connectivity index is 2.39. The second-order valence-electron chi connectivity index (χ2n) is 4.56. The van der Waals surface area contributed by atoms with Gasteiger partial charge >= 0.3 is 5.97 Å². The van der Waals surface area contributed by atoms with Crippen molar-refractivity contribution >= 4 is 22.6 Å². The average Bonchev–Trinajstić information content (AvgIpc) is 2.45. The Hall–Kier alpha value is -2.30. The minimum absolute atomic E-state index is 0.629. The summed E-state index contributed by atoms with van der Waals surface area (Å²) in [4.78, 5) is 15.3. The maximum absolute atomic E-state index is 10.9. The molecule has 1 atom stereocenters. The van der Waals surface area contributed by atoms with Crippen LogP contribution in [0.2, 0.25) is 0 Å². The second-order valence-corrected chi connectivity index (χ2v) is 4.56. The second kappa shape index (κ2) is 6.23. The predicted molar refractivity (Wildman–Crippen MR) is 78.2 cm³/mol. The molecule has 1 aromatic heterocycles. The highest BCUT2D eigenvalue weighted by molar-refractivity contribution is 5.95. The molecule has 0 saturated carbocycles. The molecule has 2 aromatic rings. The zero-order chi connectivity index (χ0) is 14.5. The fourth-order valence-corrected chi connectivity index (χ4v) is 1.90. The molecule has 0 fully saturated rings. The van der Waals surface area contributed by atoms with E-state index in [1.165, 1.54) is 0 Å². The standard InChI is InChI=1S/C15H18N2O3/c1-3-9-20-13-6-4-5-11-12(7-8-16-14(11)13)17-10(2)15(18)19/h4-8,10H,3,9H2,1-2H3,(H,16,17)(H,18,19). The quantitative estimate of drug-likeness (QED) is 0.847. The summed E-state index contributed by atoms with van der Waals surface area (Å²) in [5.41, 5.74) is 1.48. The monoisotopic (exact) mass is 274 g/mol. The van der Waals surface area contributed by atoms with E-state index in [0.29, 0.717) is 6.61 Å². The van der Waals surface area contributed by atoms with Crippen molar-refractivity contribution < 1.29 is 14.6 Å². The van der Waals surface area contributed by atoms with Gasteiger partial charge in [0.1, 0.15) is 17.3 Å². The van der Waals surface area contributed by atoms with Crippen LogP contribution in [-0.2, 0) is 4.79 Å². The first-order valence-corrected chi connectivity index (χ1v) is 6.63. The number of carboxylic acids is 1. The third kappa shape index (κ3) is 2.99. The fraction of sp³-hybridized carbons (Fsp3) is 0.333. The Bertz CT molecular complexity index is 613. The lowest BCUT2D eigenvalue weighted by atomic mass is 10.1. The minimum Gasteiger partial charge on any atom is -0.491 e. The van der Waals surface area contributed by atoms with Gasteiger partial charge in [-0.2, -0.15) is 0 Å². The van der Waals surface area contributed by atoms with Gasteiger partial charge in [0, 0.05) is 17.3 Å². The van der Waals surface area contributed by atoms with Gasteiger partial charge in [-0.1, -0.05) is 19.1 Å². The van der Waals surface area contributed by atoms with E-state index in [-0.39, 0.29) is 0 Å². The van der Waals surface area contributed by atoms with E-state index in [9.17, 15) is 4.79 Å². The molecule has 2 N–H and O–H groups in total. The van der Waals surface area contributed by atoms with Crippen molar-refractivity contribution in [3.05, 3.63) is 30.5 Å². The van der Waals surface area contributed by atoms with Gasteiger partial charge in [-0.05, 0) is 25.5 Å². The SMILES string of the molecule is CCCOc1cccc2c(NC(C)C(=O)O)ccnc12. The summed E-state index contributed by atoms with van der Waals surface area (Å²) in [5, 5.41) is 12.8. The summed E-state index contributed by atoms with van der Waals surface area (Å²) in [6, 6.07) is 6.76. The molecular formula is C15H18N2O3. The van der Waals surface area contributed by atoms with Gasteiger partial charge in [0.25, 0.3) is 0 Å². The average molecular weight is 274 g/mol. The van der Waals surface area contributed by atoms with Gasteiger partial charge in [0.15, 0.2) is 0 Å². The van der Waals surface area contributed by atoms with Crippen LogP contribution in [0.1, 0.15) is 20.3 Å². The lowest BCUT2D eigenvalue weighted by Crippen LogP contribution is -2.25. The zero-order valence-corrected chi connectivity index (χ0v) is 11.6. The molecule has 0 aliphatic carbocycles. The van der Waals surface area contributed by atoms with Crippen molar-refractivity contribution in [3.8, 4) is 5.75 Å². The molecule has 0 spiro atoms. The molecule has 0 bridgehead atoms. The van der Waals surface area contributed by atoms with Crippen LogP contribution >= 0.6 is 0 Å². The van der Waals surface area contributed by atoms with Crippen LogP contribution in [0.4, 0.5) is 5.69 Å². The number of ether oxygens (including phenoxy) is 1. The molecule has 1 aromatic carbocycles. The van der Waals surface area contributed by atoms with Crippen LogP contribution in [0.25, 0.3) is 10.9 Å². The number of para-hydroxylation sites is 1. The number of carbonyl (C=O) groups is 1. The Kier molecular flexibility index (Phi) is 4.40. The summed E-state index contributed by atoms with van der Waals surface area (Å²) in [5.74, 6) is -0.177. The highest BCUT2D eigenvalue weighted by atomic mass is 16.5. The molecule has 2 rings (SSSR count). The summed E-state index contributed by atoms with van der Waals surface area (Å²) in [7, 11) is 0. The predicted octanol–water partition coefficient (Wildman–Crippen LogP) is 2.91. The van der Waals surface area contributed by atoms with E-state index in [2.05, 4.69) is 10.3 Å². The largest absolute Gasteiger partial charge is 0.491 e. The molecule has 0 aliphatic heterocycles. The lowest BCUT2D eigenvalue weighted by molar-refractivity contribution is -0.137. The van der Waals surface area contributed by atoms with Crippen molar-refractivity contribution in [2.45, 2.75) is 26.3 Å². The van der Waals surface area contributed by atoms with E-state index in [1.807, 2.05) is 25.1 Å². The molecule has 0 radical (unpaired) electrons. The molecule has 0 aliphatic rings. The van der Waals surface area contributed by atoms with Gasteiger partial charge in [-0.3, -0.25) is 9.78 Å². The van der Waals surface area contributed by atoms with Crippen LogP contribution in [0, 0.1) is 0 Å². The van der Waals surface area contributed by atoms with Crippen molar-refractivity contribution in [2.24, 2.45) is 0 Å². The summed E-state index contributed by atoms with van der Waals surface area (Å²) < 4.78 is 5.67. The molecule has 5 nitrogen and oxygen atoms in total. The lowest BCUT2D eigenvalue weighted by Gasteiger charge is -2.14. The molecule has 106 valence electrons. The molecule has 5 heteroatoms. The van der Waals surface area contributed by atoms with Gasteiger partial charge in [0.2, 0.25) is 0 Å². The number of anilines is 1. The third-order valence-electron chi connectivity index (χ3n) is 2.94. The highest BCUT2D eigenvalue weighted by Gasteiger charge is 2.13. The normalized spacial score (nSPS) is 12.1. The number of nitrogens with one attached hydrogen (secondary N) is 1. The van der Waals surface area contributed by atoms with E-state index in [1.54, 1.807) is 19.2 Å². The van der Waals surface area contributed by atoms with Gasteiger partial charge in [0.05, 0.1) is 6.61 Å². The molecule has 1 heterocycles. The van der Waals surface area contributed by atoms with E-state index in [4.69, 9.17) is 9.84 Å². The fourth-order valence-electron chi connectivity index (χ4n) is 1.90. The number of fused-ring (bicyclic) bond motifs is 1. The van der Waals surface area contributed by atoms with Crippen molar-refractivity contribution in [1.82, 2.24) is 4.98 Å². The van der Waals surface area contributed by atoms with Gasteiger partial charge < -0.3 is 15.2 Å². The number of hydrogen-bond acceptors (Lipinski definition) is 4. The smallest absolute Gasteiger partial charge is 0.325 e. The molecule has 1 unspecified atom stereocenters. The number of carboxylic acid groups (broad SMARTS) is 1. The Labute approximate surface area is 117 Å². The number of nitrogens with zero attached hydrogens (tertiary/aromatic N) is 1. The van der Waals surface area contributed by atoms with E-state index < -0.39 is 12.0 Å². The summed E-state index contributed by atoms with van der Waals surface area (Å²) in [6.45, 7) is 4.27. The van der Waals surface area contributed by atoms with Crippen molar-refractivity contribution in [3.63, 3.8) is 0 Å².